The Morgan fingerprint density at radius 3 is 2.15 bits per heavy atom. The number of benzene rings is 2. The fourth-order valence-corrected chi connectivity index (χ4v) is 2.83. The lowest BCUT2D eigenvalue weighted by atomic mass is 10.0. The molecule has 0 bridgehead atoms. The number of hydrogen-bond donors (Lipinski definition) is 1. The molecule has 1 unspecified atom stereocenters. The van der Waals surface area contributed by atoms with E-state index in [0.29, 0.717) is 11.3 Å². The number of methoxy groups -OCH3 is 1. The standard InChI is InChI=1S/C21H25NO4/c1-12-9-14(3)19(15(4)10-12)22-20(23)16(5)26-21(24)17-8-7-13(2)18(11-17)25-6/h7-11,16H,1-6H3,(H,22,23). The highest BCUT2D eigenvalue weighted by Crippen LogP contribution is 2.23. The van der Waals surface area contributed by atoms with Crippen LogP contribution in [0.2, 0.25) is 0 Å². The topological polar surface area (TPSA) is 64.6 Å². The summed E-state index contributed by atoms with van der Waals surface area (Å²) in [5, 5.41) is 2.85. The normalized spacial score (nSPS) is 11.6. The van der Waals surface area contributed by atoms with E-state index in [4.69, 9.17) is 9.47 Å². The molecule has 26 heavy (non-hydrogen) atoms. The molecule has 0 aliphatic rings. The summed E-state index contributed by atoms with van der Waals surface area (Å²) in [6.45, 7) is 9.31. The molecule has 0 aliphatic heterocycles. The summed E-state index contributed by atoms with van der Waals surface area (Å²) >= 11 is 0. The number of rotatable bonds is 5. The smallest absolute Gasteiger partial charge is 0.339 e. The lowest BCUT2D eigenvalue weighted by molar-refractivity contribution is -0.123. The Morgan fingerprint density at radius 1 is 0.962 bits per heavy atom. The van der Waals surface area contributed by atoms with E-state index in [1.165, 1.54) is 0 Å². The summed E-state index contributed by atoms with van der Waals surface area (Å²) in [7, 11) is 1.54. The van der Waals surface area contributed by atoms with Crippen molar-refractivity contribution in [1.29, 1.82) is 0 Å². The van der Waals surface area contributed by atoms with Crippen LogP contribution in [0.3, 0.4) is 0 Å². The quantitative estimate of drug-likeness (QED) is 0.820. The molecule has 0 saturated heterocycles. The van der Waals surface area contributed by atoms with Gasteiger partial charge in [-0.05, 0) is 63.4 Å². The van der Waals surface area contributed by atoms with Crippen molar-refractivity contribution in [3.63, 3.8) is 0 Å². The fourth-order valence-electron chi connectivity index (χ4n) is 2.83. The molecule has 0 saturated carbocycles. The number of esters is 1. The van der Waals surface area contributed by atoms with Gasteiger partial charge in [0.05, 0.1) is 12.7 Å². The van der Waals surface area contributed by atoms with E-state index in [0.717, 1.165) is 27.9 Å². The highest BCUT2D eigenvalue weighted by Gasteiger charge is 2.21. The van der Waals surface area contributed by atoms with Crippen molar-refractivity contribution in [1.82, 2.24) is 0 Å². The number of anilines is 1. The lowest BCUT2D eigenvalue weighted by Gasteiger charge is -2.17. The largest absolute Gasteiger partial charge is 0.496 e. The summed E-state index contributed by atoms with van der Waals surface area (Å²) in [6, 6.07) is 9.03. The van der Waals surface area contributed by atoms with Crippen LogP contribution in [-0.2, 0) is 9.53 Å². The van der Waals surface area contributed by atoms with E-state index in [2.05, 4.69) is 5.32 Å². The molecule has 0 heterocycles. The van der Waals surface area contributed by atoms with Crippen molar-refractivity contribution in [3.05, 3.63) is 58.1 Å². The molecule has 138 valence electrons. The summed E-state index contributed by atoms with van der Waals surface area (Å²) in [5.74, 6) is -0.335. The molecule has 0 spiro atoms. The molecule has 1 amide bonds. The predicted molar refractivity (Wildman–Crippen MR) is 102 cm³/mol. The Morgan fingerprint density at radius 2 is 1.58 bits per heavy atom. The molecule has 5 nitrogen and oxygen atoms in total. The van der Waals surface area contributed by atoms with Crippen molar-refractivity contribution in [2.45, 2.75) is 40.7 Å². The number of carbonyl (C=O) groups excluding carboxylic acids is 2. The summed E-state index contributed by atoms with van der Waals surface area (Å²) in [4.78, 5) is 24.7. The van der Waals surface area contributed by atoms with Crippen LogP contribution in [0, 0.1) is 27.7 Å². The number of carbonyl (C=O) groups is 2. The van der Waals surface area contributed by atoms with Gasteiger partial charge in [-0.3, -0.25) is 4.79 Å². The van der Waals surface area contributed by atoms with Gasteiger partial charge in [0.1, 0.15) is 5.75 Å². The minimum Gasteiger partial charge on any atom is -0.496 e. The predicted octanol–water partition coefficient (Wildman–Crippen LogP) is 4.11. The Bertz CT molecular complexity index is 819. The average molecular weight is 355 g/mol. The van der Waals surface area contributed by atoms with Crippen molar-refractivity contribution in [2.75, 3.05) is 12.4 Å². The van der Waals surface area contributed by atoms with E-state index in [9.17, 15) is 9.59 Å². The van der Waals surface area contributed by atoms with Gasteiger partial charge in [-0.25, -0.2) is 4.79 Å². The Labute approximate surface area is 154 Å². The van der Waals surface area contributed by atoms with Gasteiger partial charge in [0.25, 0.3) is 5.91 Å². The molecular formula is C21H25NO4. The number of amides is 1. The maximum atomic E-state index is 12.4. The van der Waals surface area contributed by atoms with Gasteiger partial charge in [0.2, 0.25) is 0 Å². The Hall–Kier alpha value is -2.82. The molecule has 0 fully saturated rings. The van der Waals surface area contributed by atoms with Gasteiger partial charge in [-0.1, -0.05) is 23.8 Å². The number of ether oxygens (including phenoxy) is 2. The van der Waals surface area contributed by atoms with E-state index in [-0.39, 0.29) is 5.91 Å². The second-order valence-electron chi connectivity index (χ2n) is 6.49. The molecule has 2 aromatic carbocycles. The monoisotopic (exact) mass is 355 g/mol. The van der Waals surface area contributed by atoms with Crippen LogP contribution in [0.4, 0.5) is 5.69 Å². The summed E-state index contributed by atoms with van der Waals surface area (Å²) < 4.78 is 10.5. The van der Waals surface area contributed by atoms with Gasteiger partial charge >= 0.3 is 5.97 Å². The molecule has 5 heteroatoms. The van der Waals surface area contributed by atoms with Crippen LogP contribution in [0.25, 0.3) is 0 Å². The van der Waals surface area contributed by atoms with Crippen molar-refractivity contribution < 1.29 is 19.1 Å². The summed E-state index contributed by atoms with van der Waals surface area (Å²) in [5.41, 5.74) is 5.08. The van der Waals surface area contributed by atoms with E-state index >= 15 is 0 Å². The third kappa shape index (κ3) is 4.42. The van der Waals surface area contributed by atoms with Crippen LogP contribution in [0.5, 0.6) is 5.75 Å². The minimum atomic E-state index is -0.921. The zero-order valence-electron chi connectivity index (χ0n) is 16.1. The number of hydrogen-bond acceptors (Lipinski definition) is 4. The van der Waals surface area contributed by atoms with Gasteiger partial charge in [-0.2, -0.15) is 0 Å². The molecule has 0 radical (unpaired) electrons. The Kier molecular flexibility index (Phi) is 6.03. The zero-order valence-corrected chi connectivity index (χ0v) is 16.1. The van der Waals surface area contributed by atoms with E-state index in [1.54, 1.807) is 32.2 Å². The van der Waals surface area contributed by atoms with Gasteiger partial charge < -0.3 is 14.8 Å². The maximum absolute atomic E-state index is 12.4. The molecular weight excluding hydrogens is 330 g/mol. The highest BCUT2D eigenvalue weighted by atomic mass is 16.5. The third-order valence-electron chi connectivity index (χ3n) is 4.22. The van der Waals surface area contributed by atoms with Crippen LogP contribution in [-0.4, -0.2) is 25.1 Å². The molecule has 1 atom stereocenters. The first kappa shape index (κ1) is 19.5. The van der Waals surface area contributed by atoms with Crippen LogP contribution < -0.4 is 10.1 Å². The fraction of sp³-hybridized carbons (Fsp3) is 0.333. The van der Waals surface area contributed by atoms with Crippen LogP contribution >= 0.6 is 0 Å². The van der Waals surface area contributed by atoms with Gasteiger partial charge in [0.15, 0.2) is 6.10 Å². The van der Waals surface area contributed by atoms with Crippen LogP contribution in [0.1, 0.15) is 39.5 Å². The van der Waals surface area contributed by atoms with Gasteiger partial charge in [0, 0.05) is 5.69 Å². The first-order chi connectivity index (χ1) is 12.2. The first-order valence-corrected chi connectivity index (χ1v) is 8.47. The summed E-state index contributed by atoms with van der Waals surface area (Å²) in [6.07, 6.45) is -0.921. The lowest BCUT2D eigenvalue weighted by Crippen LogP contribution is -2.30. The number of aryl methyl sites for hydroxylation is 4. The molecule has 2 rings (SSSR count). The van der Waals surface area contributed by atoms with E-state index in [1.807, 2.05) is 39.8 Å². The second-order valence-corrected chi connectivity index (χ2v) is 6.49. The third-order valence-corrected chi connectivity index (χ3v) is 4.22. The average Bonchev–Trinajstić information content (AvgIpc) is 2.58. The van der Waals surface area contributed by atoms with Crippen molar-refractivity contribution >= 4 is 17.6 Å². The minimum absolute atomic E-state index is 0.342. The molecule has 1 N–H and O–H groups in total. The number of nitrogens with one attached hydrogen (secondary N) is 1. The molecule has 0 aromatic heterocycles. The zero-order chi connectivity index (χ0) is 19.4. The van der Waals surface area contributed by atoms with Crippen LogP contribution in [0.15, 0.2) is 30.3 Å². The van der Waals surface area contributed by atoms with Crippen molar-refractivity contribution in [2.24, 2.45) is 0 Å². The highest BCUT2D eigenvalue weighted by molar-refractivity contribution is 5.98. The van der Waals surface area contributed by atoms with Crippen molar-refractivity contribution in [3.8, 4) is 5.75 Å². The second kappa shape index (κ2) is 8.04. The first-order valence-electron chi connectivity index (χ1n) is 8.47. The Balaban J connectivity index is 2.08. The molecule has 0 aliphatic carbocycles. The maximum Gasteiger partial charge on any atom is 0.339 e. The van der Waals surface area contributed by atoms with E-state index < -0.39 is 12.1 Å². The SMILES string of the molecule is COc1cc(C(=O)OC(C)C(=O)Nc2c(C)cc(C)cc2C)ccc1C. The molecule has 2 aromatic rings. The van der Waals surface area contributed by atoms with Gasteiger partial charge in [-0.15, -0.1) is 0 Å².